The molecule has 0 N–H and O–H groups in total. The number of aromatic nitrogens is 3. The highest BCUT2D eigenvalue weighted by Gasteiger charge is 2.11. The Morgan fingerprint density at radius 3 is 2.54 bits per heavy atom. The van der Waals surface area contributed by atoms with Gasteiger partial charge in [0.2, 0.25) is 0 Å². The fourth-order valence-corrected chi connectivity index (χ4v) is 3.22. The summed E-state index contributed by atoms with van der Waals surface area (Å²) in [5.41, 5.74) is 1.80. The van der Waals surface area contributed by atoms with Crippen molar-refractivity contribution in [1.82, 2.24) is 14.8 Å². The van der Waals surface area contributed by atoms with E-state index in [9.17, 15) is 4.39 Å². The summed E-state index contributed by atoms with van der Waals surface area (Å²) in [5, 5.41) is 9.25. The number of hydrogen-bond acceptors (Lipinski definition) is 4. The van der Waals surface area contributed by atoms with Crippen LogP contribution in [0.15, 0.2) is 53.7 Å². The van der Waals surface area contributed by atoms with Crippen LogP contribution in [0.3, 0.4) is 0 Å². The summed E-state index contributed by atoms with van der Waals surface area (Å²) in [6.45, 7) is 0. The van der Waals surface area contributed by atoms with Crippen molar-refractivity contribution in [2.45, 2.75) is 17.3 Å². The van der Waals surface area contributed by atoms with Crippen LogP contribution in [0.1, 0.15) is 17.0 Å². The van der Waals surface area contributed by atoms with Gasteiger partial charge in [0.1, 0.15) is 17.4 Å². The molecule has 0 aliphatic carbocycles. The van der Waals surface area contributed by atoms with Crippen LogP contribution in [0.25, 0.3) is 0 Å². The van der Waals surface area contributed by atoms with Crippen LogP contribution >= 0.6 is 11.8 Å². The van der Waals surface area contributed by atoms with Gasteiger partial charge >= 0.3 is 0 Å². The molecule has 0 bridgehead atoms. The summed E-state index contributed by atoms with van der Waals surface area (Å²) in [5.74, 6) is 2.04. The number of halogens is 1. The Hall–Kier alpha value is -2.34. The lowest BCUT2D eigenvalue weighted by molar-refractivity contribution is 0.414. The number of nitrogens with zero attached hydrogens (tertiary/aromatic N) is 3. The summed E-state index contributed by atoms with van der Waals surface area (Å²) in [6, 6.07) is 14.7. The second kappa shape index (κ2) is 7.49. The van der Waals surface area contributed by atoms with Crippen LogP contribution in [-0.4, -0.2) is 21.9 Å². The number of rotatable bonds is 6. The number of thioether (sulfide) groups is 1. The van der Waals surface area contributed by atoms with E-state index in [2.05, 4.69) is 10.2 Å². The molecule has 1 heterocycles. The van der Waals surface area contributed by atoms with E-state index in [-0.39, 0.29) is 5.82 Å². The van der Waals surface area contributed by atoms with Crippen LogP contribution in [0, 0.1) is 5.82 Å². The maximum atomic E-state index is 13.7. The van der Waals surface area contributed by atoms with Crippen molar-refractivity contribution >= 4 is 11.8 Å². The van der Waals surface area contributed by atoms with Gasteiger partial charge in [-0.3, -0.25) is 0 Å². The van der Waals surface area contributed by atoms with Crippen molar-refractivity contribution in [3.05, 3.63) is 71.3 Å². The SMILES string of the molecule is COc1ccc(Cc2nnc(SCc3ccccc3F)n2C)cc1. The zero-order chi connectivity index (χ0) is 16.9. The predicted molar refractivity (Wildman–Crippen MR) is 92.8 cm³/mol. The highest BCUT2D eigenvalue weighted by atomic mass is 32.2. The van der Waals surface area contributed by atoms with Crippen molar-refractivity contribution < 1.29 is 9.13 Å². The maximum absolute atomic E-state index is 13.7. The van der Waals surface area contributed by atoms with Gasteiger partial charge in [0.15, 0.2) is 5.16 Å². The Bertz CT molecular complexity index is 817. The fourth-order valence-electron chi connectivity index (χ4n) is 2.31. The number of ether oxygens (including phenoxy) is 1. The minimum atomic E-state index is -0.189. The van der Waals surface area contributed by atoms with Crippen molar-refractivity contribution in [2.75, 3.05) is 7.11 Å². The molecule has 4 nitrogen and oxygen atoms in total. The second-order valence-corrected chi connectivity index (χ2v) is 6.31. The van der Waals surface area contributed by atoms with Gasteiger partial charge in [-0.1, -0.05) is 42.1 Å². The van der Waals surface area contributed by atoms with Gasteiger partial charge < -0.3 is 9.30 Å². The molecule has 0 aliphatic rings. The van der Waals surface area contributed by atoms with E-state index < -0.39 is 0 Å². The van der Waals surface area contributed by atoms with Gasteiger partial charge in [0.05, 0.1) is 7.11 Å². The molecule has 24 heavy (non-hydrogen) atoms. The third-order valence-corrected chi connectivity index (χ3v) is 4.83. The Morgan fingerprint density at radius 2 is 1.83 bits per heavy atom. The lowest BCUT2D eigenvalue weighted by Gasteiger charge is -2.05. The highest BCUT2D eigenvalue weighted by Crippen LogP contribution is 2.23. The van der Waals surface area contributed by atoms with Gasteiger partial charge in [0, 0.05) is 19.2 Å². The molecule has 0 fully saturated rings. The molecule has 0 saturated heterocycles. The van der Waals surface area contributed by atoms with Gasteiger partial charge in [-0.15, -0.1) is 10.2 Å². The van der Waals surface area contributed by atoms with E-state index in [0.29, 0.717) is 17.7 Å². The summed E-state index contributed by atoms with van der Waals surface area (Å²) in [7, 11) is 3.58. The van der Waals surface area contributed by atoms with Crippen molar-refractivity contribution in [3.8, 4) is 5.75 Å². The topological polar surface area (TPSA) is 39.9 Å². The molecule has 0 amide bonds. The molecule has 0 unspecified atom stereocenters. The van der Waals surface area contributed by atoms with Gasteiger partial charge in [-0.05, 0) is 29.3 Å². The van der Waals surface area contributed by atoms with E-state index in [4.69, 9.17) is 4.74 Å². The van der Waals surface area contributed by atoms with Crippen molar-refractivity contribution in [3.63, 3.8) is 0 Å². The summed E-state index contributed by atoms with van der Waals surface area (Å²) in [6.07, 6.45) is 0.688. The first-order valence-corrected chi connectivity index (χ1v) is 8.53. The molecule has 0 spiro atoms. The smallest absolute Gasteiger partial charge is 0.191 e. The van der Waals surface area contributed by atoms with E-state index in [0.717, 1.165) is 22.3 Å². The normalized spacial score (nSPS) is 10.8. The quantitative estimate of drug-likeness (QED) is 0.638. The van der Waals surface area contributed by atoms with Crippen LogP contribution in [0.5, 0.6) is 5.75 Å². The first-order chi connectivity index (χ1) is 11.7. The predicted octanol–water partition coefficient (Wildman–Crippen LogP) is 3.85. The van der Waals surface area contributed by atoms with Gasteiger partial charge in [-0.2, -0.15) is 0 Å². The number of benzene rings is 2. The second-order valence-electron chi connectivity index (χ2n) is 5.36. The van der Waals surface area contributed by atoms with E-state index in [1.807, 2.05) is 41.9 Å². The molecule has 1 aromatic heterocycles. The number of methoxy groups -OCH3 is 1. The minimum Gasteiger partial charge on any atom is -0.497 e. The standard InChI is InChI=1S/C18H18FN3OS/c1-22-17(11-13-7-9-15(23-2)10-8-13)20-21-18(22)24-12-14-5-3-4-6-16(14)19/h3-10H,11-12H2,1-2H3. The van der Waals surface area contributed by atoms with Crippen LogP contribution in [-0.2, 0) is 19.2 Å². The first kappa shape index (κ1) is 16.5. The molecule has 0 aliphatic heterocycles. The van der Waals surface area contributed by atoms with Crippen LogP contribution in [0.4, 0.5) is 4.39 Å². The van der Waals surface area contributed by atoms with Crippen LogP contribution in [0.2, 0.25) is 0 Å². The van der Waals surface area contributed by atoms with E-state index >= 15 is 0 Å². The molecule has 2 aromatic carbocycles. The third kappa shape index (κ3) is 3.76. The Labute approximate surface area is 144 Å². The van der Waals surface area contributed by atoms with E-state index in [1.165, 1.54) is 17.8 Å². The van der Waals surface area contributed by atoms with E-state index in [1.54, 1.807) is 19.2 Å². The largest absolute Gasteiger partial charge is 0.497 e. The first-order valence-electron chi connectivity index (χ1n) is 7.55. The Balaban J connectivity index is 1.68. The summed E-state index contributed by atoms with van der Waals surface area (Å²) < 4.78 is 20.8. The molecule has 6 heteroatoms. The highest BCUT2D eigenvalue weighted by molar-refractivity contribution is 7.98. The molecule has 0 atom stereocenters. The number of hydrogen-bond donors (Lipinski definition) is 0. The zero-order valence-electron chi connectivity index (χ0n) is 13.6. The van der Waals surface area contributed by atoms with Gasteiger partial charge in [0.25, 0.3) is 0 Å². The molecule has 124 valence electrons. The summed E-state index contributed by atoms with van der Waals surface area (Å²) in [4.78, 5) is 0. The van der Waals surface area contributed by atoms with Gasteiger partial charge in [-0.25, -0.2) is 4.39 Å². The Morgan fingerprint density at radius 1 is 1.08 bits per heavy atom. The van der Waals surface area contributed by atoms with Crippen molar-refractivity contribution in [2.24, 2.45) is 7.05 Å². The monoisotopic (exact) mass is 343 g/mol. The lowest BCUT2D eigenvalue weighted by atomic mass is 10.1. The lowest BCUT2D eigenvalue weighted by Crippen LogP contribution is -2.00. The molecule has 3 rings (SSSR count). The maximum Gasteiger partial charge on any atom is 0.191 e. The molecule has 0 saturated carbocycles. The Kier molecular flexibility index (Phi) is 5.15. The molecular weight excluding hydrogens is 325 g/mol. The van der Waals surface area contributed by atoms with Crippen LogP contribution < -0.4 is 4.74 Å². The molecular formula is C18H18FN3OS. The average Bonchev–Trinajstić information content (AvgIpc) is 2.95. The fraction of sp³-hybridized carbons (Fsp3) is 0.222. The average molecular weight is 343 g/mol. The summed E-state index contributed by atoms with van der Waals surface area (Å²) >= 11 is 1.48. The minimum absolute atomic E-state index is 0.189. The molecule has 0 radical (unpaired) electrons. The molecule has 3 aromatic rings. The zero-order valence-corrected chi connectivity index (χ0v) is 14.4. The van der Waals surface area contributed by atoms with Crippen molar-refractivity contribution in [1.29, 1.82) is 0 Å². The third-order valence-electron chi connectivity index (χ3n) is 3.76.